The number of barbiturate groups is 1. The number of rotatable bonds is 5. The molecule has 11 nitrogen and oxygen atoms in total. The molecule has 38 heavy (non-hydrogen) atoms. The molecule has 2 aromatic heterocycles. The third-order valence-corrected chi connectivity index (χ3v) is 6.65. The second-order valence-corrected chi connectivity index (χ2v) is 8.99. The zero-order valence-corrected chi connectivity index (χ0v) is 20.0. The molecule has 2 fully saturated rings. The number of amides is 4. The van der Waals surface area contributed by atoms with Crippen molar-refractivity contribution >= 4 is 29.2 Å². The molecule has 0 unspecified atom stereocenters. The van der Waals surface area contributed by atoms with Gasteiger partial charge in [0.05, 0.1) is 11.9 Å². The Labute approximate surface area is 216 Å². The van der Waals surface area contributed by atoms with Crippen LogP contribution in [0.15, 0.2) is 77.5 Å². The summed E-state index contributed by atoms with van der Waals surface area (Å²) in [5.74, 6) is 0.111. The van der Waals surface area contributed by atoms with E-state index in [1.807, 2.05) is 36.4 Å². The molecule has 0 bridgehead atoms. The van der Waals surface area contributed by atoms with Gasteiger partial charge >= 0.3 is 6.03 Å². The molecular formula is C27H22N6O5. The molecule has 0 radical (unpaired) electrons. The number of nitrogens with zero attached hydrogens (tertiary/aromatic N) is 3. The molecule has 4 aromatic rings. The summed E-state index contributed by atoms with van der Waals surface area (Å²) in [6.07, 6.45) is 4.05. The number of hydrogen-bond acceptors (Lipinski definition) is 9. The van der Waals surface area contributed by atoms with Crippen LogP contribution in [0.3, 0.4) is 0 Å². The van der Waals surface area contributed by atoms with Crippen LogP contribution in [0, 0.1) is 0 Å². The van der Waals surface area contributed by atoms with Crippen LogP contribution >= 0.6 is 0 Å². The lowest BCUT2D eigenvalue weighted by molar-refractivity contribution is -0.137. The summed E-state index contributed by atoms with van der Waals surface area (Å²) in [7, 11) is 0. The van der Waals surface area contributed by atoms with E-state index in [0.717, 1.165) is 11.1 Å². The van der Waals surface area contributed by atoms with Gasteiger partial charge in [0.2, 0.25) is 11.8 Å². The van der Waals surface area contributed by atoms with Crippen molar-refractivity contribution in [2.45, 2.75) is 18.4 Å². The molecule has 11 heteroatoms. The summed E-state index contributed by atoms with van der Waals surface area (Å²) in [6, 6.07) is 17.2. The molecule has 0 aliphatic carbocycles. The zero-order chi connectivity index (χ0) is 26.3. The first kappa shape index (κ1) is 23.2. The molecular weight excluding hydrogens is 488 g/mol. The quantitative estimate of drug-likeness (QED) is 0.270. The summed E-state index contributed by atoms with van der Waals surface area (Å²) in [4.78, 5) is 47.4. The molecule has 4 amide bonds. The maximum atomic E-state index is 12.7. The van der Waals surface area contributed by atoms with Crippen molar-refractivity contribution in [2.24, 2.45) is 0 Å². The second-order valence-electron chi connectivity index (χ2n) is 8.99. The van der Waals surface area contributed by atoms with E-state index in [9.17, 15) is 14.4 Å². The first-order valence-corrected chi connectivity index (χ1v) is 11.9. The number of anilines is 2. The van der Waals surface area contributed by atoms with Gasteiger partial charge in [-0.25, -0.2) is 14.8 Å². The van der Waals surface area contributed by atoms with Crippen molar-refractivity contribution in [1.29, 1.82) is 0 Å². The molecule has 0 saturated carbocycles. The van der Waals surface area contributed by atoms with E-state index in [2.05, 4.69) is 20.6 Å². The highest BCUT2D eigenvalue weighted by Gasteiger charge is 2.57. The highest BCUT2D eigenvalue weighted by Crippen LogP contribution is 2.36. The number of carbonyl (C=O) groups excluding carboxylic acids is 3. The summed E-state index contributed by atoms with van der Waals surface area (Å²) in [6.45, 7) is 0.471. The number of pyridine rings is 1. The number of oxazole rings is 1. The predicted octanol–water partition coefficient (Wildman–Crippen LogP) is 3.48. The van der Waals surface area contributed by atoms with Crippen molar-refractivity contribution in [3.63, 3.8) is 0 Å². The summed E-state index contributed by atoms with van der Waals surface area (Å²) >= 11 is 0. The molecule has 2 aliphatic heterocycles. The maximum absolute atomic E-state index is 12.7. The Balaban J connectivity index is 1.15. The van der Waals surface area contributed by atoms with Gasteiger partial charge in [0.25, 0.3) is 11.8 Å². The van der Waals surface area contributed by atoms with Crippen molar-refractivity contribution in [2.75, 3.05) is 17.2 Å². The Morgan fingerprint density at radius 3 is 2.32 bits per heavy atom. The number of nitrogen functional groups attached to an aromatic ring is 1. The van der Waals surface area contributed by atoms with Crippen LogP contribution in [0.2, 0.25) is 0 Å². The Morgan fingerprint density at radius 1 is 0.921 bits per heavy atom. The van der Waals surface area contributed by atoms with Gasteiger partial charge < -0.3 is 19.8 Å². The first-order valence-electron chi connectivity index (χ1n) is 11.9. The predicted molar refractivity (Wildman–Crippen MR) is 137 cm³/mol. The van der Waals surface area contributed by atoms with Crippen molar-refractivity contribution in [1.82, 2.24) is 20.6 Å². The lowest BCUT2D eigenvalue weighted by Crippen LogP contribution is -2.71. The van der Waals surface area contributed by atoms with Crippen LogP contribution in [-0.4, -0.2) is 39.9 Å². The average molecular weight is 511 g/mol. The van der Waals surface area contributed by atoms with Gasteiger partial charge in [-0.05, 0) is 55.3 Å². The largest absolute Gasteiger partial charge is 0.444 e. The summed E-state index contributed by atoms with van der Waals surface area (Å²) in [5, 5.41) is 4.40. The molecule has 2 saturated heterocycles. The number of imide groups is 2. The molecule has 1 spiro atoms. The molecule has 6 rings (SSSR count). The number of nitrogens with two attached hydrogens (primary N) is 1. The third-order valence-electron chi connectivity index (χ3n) is 6.65. The molecule has 4 heterocycles. The lowest BCUT2D eigenvalue weighted by atomic mass is 9.92. The number of benzene rings is 2. The van der Waals surface area contributed by atoms with Gasteiger partial charge in [-0.2, -0.15) is 0 Å². The van der Waals surface area contributed by atoms with Gasteiger partial charge in [-0.3, -0.25) is 20.2 Å². The number of aromatic nitrogens is 2. The number of carbonyl (C=O) groups is 3. The maximum Gasteiger partial charge on any atom is 0.328 e. The molecule has 2 aromatic carbocycles. The Morgan fingerprint density at radius 2 is 1.63 bits per heavy atom. The zero-order valence-electron chi connectivity index (χ0n) is 20.0. The Kier molecular flexibility index (Phi) is 5.52. The number of ether oxygens (including phenoxy) is 1. The minimum atomic E-state index is -1.47. The van der Waals surface area contributed by atoms with Crippen LogP contribution in [0.1, 0.15) is 12.8 Å². The van der Waals surface area contributed by atoms with E-state index < -0.39 is 23.4 Å². The van der Waals surface area contributed by atoms with Gasteiger partial charge in [0.15, 0.2) is 5.54 Å². The van der Waals surface area contributed by atoms with Gasteiger partial charge in [-0.1, -0.05) is 12.1 Å². The highest BCUT2D eigenvalue weighted by atomic mass is 16.5. The van der Waals surface area contributed by atoms with Crippen LogP contribution in [-0.2, 0) is 9.59 Å². The van der Waals surface area contributed by atoms with Crippen molar-refractivity contribution in [3.8, 4) is 34.3 Å². The van der Waals surface area contributed by atoms with E-state index in [1.165, 1.54) is 0 Å². The fraction of sp³-hybridized carbons (Fsp3) is 0.148. The number of nitrogens with one attached hydrogen (secondary N) is 2. The van der Waals surface area contributed by atoms with E-state index in [-0.39, 0.29) is 0 Å². The molecule has 190 valence electrons. The summed E-state index contributed by atoms with van der Waals surface area (Å²) < 4.78 is 11.5. The smallest absolute Gasteiger partial charge is 0.328 e. The highest BCUT2D eigenvalue weighted by molar-refractivity contribution is 6.24. The van der Waals surface area contributed by atoms with Crippen LogP contribution in [0.5, 0.6) is 11.6 Å². The van der Waals surface area contributed by atoms with Crippen LogP contribution in [0.4, 0.5) is 16.2 Å². The molecule has 0 atom stereocenters. The monoisotopic (exact) mass is 510 g/mol. The van der Waals surface area contributed by atoms with Gasteiger partial charge in [0, 0.05) is 29.4 Å². The lowest BCUT2D eigenvalue weighted by Gasteiger charge is -2.38. The normalized spacial score (nSPS) is 16.4. The van der Waals surface area contributed by atoms with Crippen molar-refractivity contribution in [3.05, 3.63) is 73.1 Å². The average Bonchev–Trinajstić information content (AvgIpc) is 3.58. The van der Waals surface area contributed by atoms with Gasteiger partial charge in [0.1, 0.15) is 17.7 Å². The first-order chi connectivity index (χ1) is 18.4. The molecule has 4 N–H and O–H groups in total. The minimum Gasteiger partial charge on any atom is -0.444 e. The van der Waals surface area contributed by atoms with Crippen molar-refractivity contribution < 1.29 is 23.5 Å². The van der Waals surface area contributed by atoms with E-state index in [0.29, 0.717) is 54.0 Å². The summed E-state index contributed by atoms with van der Waals surface area (Å²) in [5.41, 5.74) is 7.93. The van der Waals surface area contributed by atoms with E-state index >= 15 is 0 Å². The number of urea groups is 1. The standard InChI is InChI=1S/C27H22N6O5/c28-18-6-2-16(3-7-18)21-15-37-23(30-21)17-4-9-20(10-5-17)38-22-11-8-19(14-29-22)33-13-1-12-27(33)24(34)31-26(36)32-25(27)35/h2-11,14-15H,1,12-13,28H2,(H2,31,32,34,35,36). The fourth-order valence-corrected chi connectivity index (χ4v) is 4.76. The molecule has 2 aliphatic rings. The topological polar surface area (TPSA) is 153 Å². The minimum absolute atomic E-state index is 0.300. The van der Waals surface area contributed by atoms with E-state index in [1.54, 1.807) is 41.6 Å². The third kappa shape index (κ3) is 3.99. The van der Waals surface area contributed by atoms with Crippen LogP contribution in [0.25, 0.3) is 22.7 Å². The van der Waals surface area contributed by atoms with Crippen LogP contribution < -0.4 is 26.0 Å². The van der Waals surface area contributed by atoms with E-state index in [4.69, 9.17) is 14.9 Å². The number of hydrogen-bond donors (Lipinski definition) is 3. The second kappa shape index (κ2) is 9.04. The van der Waals surface area contributed by atoms with Gasteiger partial charge in [-0.15, -0.1) is 0 Å². The Bertz CT molecular complexity index is 1510. The SMILES string of the molecule is Nc1ccc(-c2coc(-c3ccc(Oc4ccc(N5CCCC56C(=O)NC(=O)NC6=O)cn4)cc3)n2)cc1. The Hall–Kier alpha value is -5.19. The fourth-order valence-electron chi connectivity index (χ4n) is 4.76.